The van der Waals surface area contributed by atoms with E-state index in [1.165, 1.54) is 64.9 Å². The molecule has 35 heavy (non-hydrogen) atoms. The third-order valence-electron chi connectivity index (χ3n) is 11.2. The maximum Gasteiger partial charge on any atom is 0.308 e. The Labute approximate surface area is 217 Å². The van der Waals surface area contributed by atoms with Crippen LogP contribution in [-0.2, 0) is 14.0 Å². The van der Waals surface area contributed by atoms with Crippen molar-refractivity contribution >= 4 is 14.3 Å². The summed E-state index contributed by atoms with van der Waals surface area (Å²) >= 11 is 0. The highest BCUT2D eigenvalue weighted by Crippen LogP contribution is 2.67. The Hall–Kier alpha value is -0.613. The lowest BCUT2D eigenvalue weighted by Crippen LogP contribution is -2.51. The SMILES string of the molecule is COC(=O)C(C)CCCC(C)C1CCC2C3CC=C4C[C@@H](O[Si](C)(C)C)CCC4(C)C3CCC12C. The minimum absolute atomic E-state index is 0.0322. The average molecular weight is 503 g/mol. The third-order valence-corrected chi connectivity index (χ3v) is 12.3. The van der Waals surface area contributed by atoms with Gasteiger partial charge in [0, 0.05) is 6.10 Å². The van der Waals surface area contributed by atoms with E-state index in [1.54, 1.807) is 5.57 Å². The zero-order chi connectivity index (χ0) is 25.6. The van der Waals surface area contributed by atoms with Crippen LogP contribution in [0.5, 0.6) is 0 Å². The Morgan fingerprint density at radius 2 is 1.80 bits per heavy atom. The van der Waals surface area contributed by atoms with Crippen molar-refractivity contribution in [1.29, 1.82) is 0 Å². The minimum atomic E-state index is -1.48. The molecule has 4 aliphatic carbocycles. The van der Waals surface area contributed by atoms with Gasteiger partial charge in [-0.1, -0.05) is 52.2 Å². The van der Waals surface area contributed by atoms with Crippen LogP contribution >= 0.6 is 0 Å². The fourth-order valence-corrected chi connectivity index (χ4v) is 10.7. The molecule has 3 fully saturated rings. The summed E-state index contributed by atoms with van der Waals surface area (Å²) in [5.74, 6) is 4.24. The molecule has 200 valence electrons. The molecule has 4 heteroatoms. The predicted molar refractivity (Wildman–Crippen MR) is 148 cm³/mol. The molecule has 4 rings (SSSR count). The second-order valence-electron chi connectivity index (χ2n) is 14.4. The Morgan fingerprint density at radius 3 is 2.49 bits per heavy atom. The Morgan fingerprint density at radius 1 is 1.06 bits per heavy atom. The van der Waals surface area contributed by atoms with Crippen LogP contribution in [0.4, 0.5) is 0 Å². The Bertz CT molecular complexity index is 800. The van der Waals surface area contributed by atoms with Gasteiger partial charge in [0.05, 0.1) is 13.0 Å². The van der Waals surface area contributed by atoms with E-state index in [9.17, 15) is 4.79 Å². The highest BCUT2D eigenvalue weighted by molar-refractivity contribution is 6.69. The van der Waals surface area contributed by atoms with Gasteiger partial charge in [0.2, 0.25) is 0 Å². The number of hydrogen-bond acceptors (Lipinski definition) is 3. The lowest BCUT2D eigenvalue weighted by atomic mass is 9.47. The summed E-state index contributed by atoms with van der Waals surface area (Å²) in [6.45, 7) is 16.8. The number of esters is 1. The van der Waals surface area contributed by atoms with Crippen LogP contribution in [0.15, 0.2) is 11.6 Å². The molecule has 0 heterocycles. The molecule has 3 nitrogen and oxygen atoms in total. The number of methoxy groups -OCH3 is 1. The fraction of sp³-hybridized carbons (Fsp3) is 0.903. The molecule has 0 aromatic carbocycles. The monoisotopic (exact) mass is 502 g/mol. The van der Waals surface area contributed by atoms with Gasteiger partial charge in [-0.25, -0.2) is 0 Å². The number of rotatable bonds is 8. The van der Waals surface area contributed by atoms with E-state index < -0.39 is 8.32 Å². The number of carbonyl (C=O) groups is 1. The van der Waals surface area contributed by atoms with Crippen LogP contribution < -0.4 is 0 Å². The quantitative estimate of drug-likeness (QED) is 0.190. The largest absolute Gasteiger partial charge is 0.469 e. The molecule has 9 atom stereocenters. The van der Waals surface area contributed by atoms with Crippen molar-refractivity contribution < 1.29 is 14.0 Å². The molecule has 0 saturated heterocycles. The van der Waals surface area contributed by atoms with Crippen molar-refractivity contribution in [3.63, 3.8) is 0 Å². The zero-order valence-corrected chi connectivity index (χ0v) is 25.1. The van der Waals surface area contributed by atoms with Crippen molar-refractivity contribution in [2.45, 2.75) is 124 Å². The van der Waals surface area contributed by atoms with Gasteiger partial charge in [0.15, 0.2) is 8.32 Å². The van der Waals surface area contributed by atoms with Crippen molar-refractivity contribution in [3.05, 3.63) is 11.6 Å². The normalized spacial score (nSPS) is 40.7. The molecule has 8 unspecified atom stereocenters. The highest BCUT2D eigenvalue weighted by atomic mass is 28.4. The molecular weight excluding hydrogens is 448 g/mol. The first-order valence-corrected chi connectivity index (χ1v) is 18.2. The number of hydrogen-bond donors (Lipinski definition) is 0. The van der Waals surface area contributed by atoms with Crippen LogP contribution in [0.3, 0.4) is 0 Å². The second-order valence-corrected chi connectivity index (χ2v) is 18.9. The van der Waals surface area contributed by atoms with Crippen LogP contribution in [0.2, 0.25) is 19.6 Å². The summed E-state index contributed by atoms with van der Waals surface area (Å²) in [4.78, 5) is 11.8. The molecule has 0 aromatic heterocycles. The summed E-state index contributed by atoms with van der Waals surface area (Å²) in [7, 11) is 0.0278. The first kappa shape index (κ1) is 27.4. The summed E-state index contributed by atoms with van der Waals surface area (Å²) < 4.78 is 11.5. The predicted octanol–water partition coefficient (Wildman–Crippen LogP) is 8.40. The van der Waals surface area contributed by atoms with Crippen molar-refractivity contribution in [1.82, 2.24) is 0 Å². The summed E-state index contributed by atoms with van der Waals surface area (Å²) in [5, 5.41) is 0. The van der Waals surface area contributed by atoms with Crippen LogP contribution in [-0.4, -0.2) is 27.5 Å². The van der Waals surface area contributed by atoms with E-state index in [0.29, 0.717) is 16.9 Å². The van der Waals surface area contributed by atoms with Gasteiger partial charge in [0.25, 0.3) is 0 Å². The summed E-state index contributed by atoms with van der Waals surface area (Å²) in [6.07, 6.45) is 17.3. The molecule has 0 N–H and O–H groups in total. The topological polar surface area (TPSA) is 35.5 Å². The number of fused-ring (bicyclic) bond motifs is 5. The van der Waals surface area contributed by atoms with Gasteiger partial charge in [-0.3, -0.25) is 4.79 Å². The molecule has 0 spiro atoms. The number of ether oxygens (including phenoxy) is 1. The first-order valence-electron chi connectivity index (χ1n) is 14.8. The van der Waals surface area contributed by atoms with Crippen molar-refractivity contribution in [2.75, 3.05) is 7.11 Å². The van der Waals surface area contributed by atoms with E-state index in [0.717, 1.165) is 42.4 Å². The molecular formula is C31H54O3Si. The Balaban J connectivity index is 1.41. The molecule has 0 radical (unpaired) electrons. The molecule has 0 aromatic rings. The molecule has 0 aliphatic heterocycles. The van der Waals surface area contributed by atoms with Gasteiger partial charge in [-0.15, -0.1) is 0 Å². The first-order chi connectivity index (χ1) is 16.4. The molecule has 0 amide bonds. The number of allylic oxidation sites excluding steroid dienone is 1. The van der Waals surface area contributed by atoms with Gasteiger partial charge in [-0.05, 0) is 118 Å². The molecule has 0 bridgehead atoms. The van der Waals surface area contributed by atoms with E-state index in [-0.39, 0.29) is 11.9 Å². The van der Waals surface area contributed by atoms with Gasteiger partial charge >= 0.3 is 5.97 Å². The van der Waals surface area contributed by atoms with Crippen molar-refractivity contribution in [2.24, 2.45) is 46.3 Å². The summed E-state index contributed by atoms with van der Waals surface area (Å²) in [6, 6.07) is 0. The maximum atomic E-state index is 11.8. The van der Waals surface area contributed by atoms with Crippen LogP contribution in [0.25, 0.3) is 0 Å². The van der Waals surface area contributed by atoms with Gasteiger partial charge < -0.3 is 9.16 Å². The standard InChI is InChI=1S/C31H54O3Si/c1-21(10-9-11-22(2)29(32)33-5)26-14-15-27-25-13-12-23-20-24(34-35(6,7)8)16-18-30(23,3)28(25)17-19-31(26,27)4/h12,21-22,24-28H,9-11,13-20H2,1-8H3/t21?,22?,24-,25?,26?,27?,28?,30?,31?/m0/s1. The third kappa shape index (κ3) is 5.35. The summed E-state index contributed by atoms with van der Waals surface area (Å²) in [5.41, 5.74) is 2.67. The molecule has 4 aliphatic rings. The lowest BCUT2D eigenvalue weighted by molar-refractivity contribution is -0.145. The van der Waals surface area contributed by atoms with Gasteiger partial charge in [-0.2, -0.15) is 0 Å². The van der Waals surface area contributed by atoms with E-state index >= 15 is 0 Å². The average Bonchev–Trinajstić information content (AvgIpc) is 3.15. The maximum absolute atomic E-state index is 11.8. The van der Waals surface area contributed by atoms with Crippen LogP contribution in [0.1, 0.15) is 98.3 Å². The minimum Gasteiger partial charge on any atom is -0.469 e. The van der Waals surface area contributed by atoms with E-state index in [1.807, 2.05) is 6.92 Å². The van der Waals surface area contributed by atoms with E-state index in [2.05, 4.69) is 46.5 Å². The van der Waals surface area contributed by atoms with Crippen molar-refractivity contribution in [3.8, 4) is 0 Å². The second kappa shape index (κ2) is 10.3. The lowest BCUT2D eigenvalue weighted by Gasteiger charge is -2.58. The number of carbonyl (C=O) groups excluding carboxylic acids is 1. The van der Waals surface area contributed by atoms with E-state index in [4.69, 9.17) is 9.16 Å². The fourth-order valence-electron chi connectivity index (χ4n) is 9.47. The van der Waals surface area contributed by atoms with Gasteiger partial charge in [0.1, 0.15) is 0 Å². The smallest absolute Gasteiger partial charge is 0.308 e. The molecule has 3 saturated carbocycles. The Kier molecular flexibility index (Phi) is 8.05. The highest BCUT2D eigenvalue weighted by Gasteiger charge is 2.59. The van der Waals surface area contributed by atoms with Crippen LogP contribution in [0, 0.1) is 46.3 Å². The zero-order valence-electron chi connectivity index (χ0n) is 24.1.